The van der Waals surface area contributed by atoms with Crippen LogP contribution in [-0.2, 0) is 6.42 Å². The number of benzene rings is 1. The van der Waals surface area contributed by atoms with Crippen molar-refractivity contribution in [3.8, 4) is 0 Å². The Labute approximate surface area is 88.8 Å². The van der Waals surface area contributed by atoms with E-state index in [1.165, 1.54) is 15.6 Å². The van der Waals surface area contributed by atoms with Crippen molar-refractivity contribution in [2.45, 2.75) is 19.4 Å². The number of likely N-dealkylation sites (N-methyl/N-ethyl adjacent to an activating group) is 1. The maximum absolute atomic E-state index is 3.27. The fourth-order valence-corrected chi connectivity index (χ4v) is 2.60. The molecule has 0 aliphatic carbocycles. The molecular weight excluding hydrogens is 190 g/mol. The highest BCUT2D eigenvalue weighted by Gasteiger charge is 2.06. The zero-order chi connectivity index (χ0) is 9.97. The lowest BCUT2D eigenvalue weighted by atomic mass is 10.1. The van der Waals surface area contributed by atoms with Crippen molar-refractivity contribution in [2.24, 2.45) is 0 Å². The van der Waals surface area contributed by atoms with Crippen LogP contribution >= 0.6 is 11.3 Å². The van der Waals surface area contributed by atoms with Gasteiger partial charge in [0.2, 0.25) is 0 Å². The largest absolute Gasteiger partial charge is 0.317 e. The van der Waals surface area contributed by atoms with Crippen molar-refractivity contribution in [2.75, 3.05) is 7.05 Å². The van der Waals surface area contributed by atoms with Gasteiger partial charge in [0.1, 0.15) is 0 Å². The lowest BCUT2D eigenvalue weighted by Gasteiger charge is -2.08. The Hall–Kier alpha value is -0.860. The van der Waals surface area contributed by atoms with Gasteiger partial charge in [0.05, 0.1) is 0 Å². The number of hydrogen-bond acceptors (Lipinski definition) is 2. The van der Waals surface area contributed by atoms with Gasteiger partial charge in [0.25, 0.3) is 0 Å². The molecule has 14 heavy (non-hydrogen) atoms. The molecule has 0 amide bonds. The fourth-order valence-electron chi connectivity index (χ4n) is 1.62. The van der Waals surface area contributed by atoms with Crippen LogP contribution in [-0.4, -0.2) is 13.1 Å². The van der Waals surface area contributed by atoms with Gasteiger partial charge in [0.15, 0.2) is 0 Å². The van der Waals surface area contributed by atoms with E-state index in [-0.39, 0.29) is 0 Å². The molecule has 1 unspecified atom stereocenters. The van der Waals surface area contributed by atoms with E-state index in [1.807, 2.05) is 18.4 Å². The highest BCUT2D eigenvalue weighted by Crippen LogP contribution is 2.26. The van der Waals surface area contributed by atoms with E-state index in [9.17, 15) is 0 Å². The Kier molecular flexibility index (Phi) is 2.85. The minimum Gasteiger partial charge on any atom is -0.317 e. The first-order chi connectivity index (χ1) is 6.81. The van der Waals surface area contributed by atoms with Crippen LogP contribution in [0.3, 0.4) is 0 Å². The second-order valence-corrected chi connectivity index (χ2v) is 4.56. The summed E-state index contributed by atoms with van der Waals surface area (Å²) in [6.07, 6.45) is 1.11. The third-order valence-electron chi connectivity index (χ3n) is 2.58. The van der Waals surface area contributed by atoms with Crippen molar-refractivity contribution >= 4 is 21.4 Å². The first-order valence-corrected chi connectivity index (χ1v) is 5.81. The van der Waals surface area contributed by atoms with E-state index in [0.29, 0.717) is 6.04 Å². The second kappa shape index (κ2) is 4.11. The molecule has 0 saturated heterocycles. The molecule has 1 atom stereocenters. The number of nitrogens with one attached hydrogen (secondary N) is 1. The normalized spacial score (nSPS) is 13.3. The van der Waals surface area contributed by atoms with Crippen LogP contribution in [0.2, 0.25) is 0 Å². The maximum atomic E-state index is 3.27. The van der Waals surface area contributed by atoms with Gasteiger partial charge in [-0.3, -0.25) is 0 Å². The first-order valence-electron chi connectivity index (χ1n) is 4.93. The van der Waals surface area contributed by atoms with E-state index in [2.05, 4.69) is 41.9 Å². The summed E-state index contributed by atoms with van der Waals surface area (Å²) in [6.45, 7) is 2.21. The van der Waals surface area contributed by atoms with Crippen molar-refractivity contribution in [1.29, 1.82) is 0 Å². The van der Waals surface area contributed by atoms with Crippen molar-refractivity contribution in [1.82, 2.24) is 5.32 Å². The summed E-state index contributed by atoms with van der Waals surface area (Å²) in [6, 6.07) is 9.16. The van der Waals surface area contributed by atoms with Crippen LogP contribution in [0.25, 0.3) is 10.1 Å². The third kappa shape index (κ3) is 1.81. The molecule has 1 nitrogen and oxygen atoms in total. The quantitative estimate of drug-likeness (QED) is 0.812. The van der Waals surface area contributed by atoms with E-state index in [0.717, 1.165) is 6.42 Å². The lowest BCUT2D eigenvalue weighted by molar-refractivity contribution is 0.611. The van der Waals surface area contributed by atoms with E-state index < -0.39 is 0 Å². The molecule has 2 heteroatoms. The fraction of sp³-hybridized carbons (Fsp3) is 0.333. The Morgan fingerprint density at radius 2 is 2.14 bits per heavy atom. The standard InChI is InChI=1S/C12H15NS/c1-9(13-2)7-10-8-14-12-6-4-3-5-11(10)12/h3-6,8-9,13H,7H2,1-2H3. The molecule has 1 aromatic heterocycles. The zero-order valence-electron chi connectivity index (χ0n) is 8.58. The number of rotatable bonds is 3. The predicted octanol–water partition coefficient (Wildman–Crippen LogP) is 3.05. The average molecular weight is 205 g/mol. The number of hydrogen-bond donors (Lipinski definition) is 1. The third-order valence-corrected chi connectivity index (χ3v) is 3.59. The molecule has 0 spiro atoms. The summed E-state index contributed by atoms with van der Waals surface area (Å²) in [7, 11) is 2.01. The summed E-state index contributed by atoms with van der Waals surface area (Å²) in [5.74, 6) is 0. The molecular formula is C12H15NS. The Bertz CT molecular complexity index is 419. The van der Waals surface area contributed by atoms with Crippen LogP contribution in [0.1, 0.15) is 12.5 Å². The Morgan fingerprint density at radius 3 is 2.93 bits per heavy atom. The van der Waals surface area contributed by atoms with Gasteiger partial charge in [-0.2, -0.15) is 0 Å². The molecule has 0 fully saturated rings. The number of thiophene rings is 1. The average Bonchev–Trinajstić information content (AvgIpc) is 2.62. The predicted molar refractivity (Wildman–Crippen MR) is 64.1 cm³/mol. The molecule has 0 radical (unpaired) electrons. The zero-order valence-corrected chi connectivity index (χ0v) is 9.40. The van der Waals surface area contributed by atoms with Gasteiger partial charge in [-0.25, -0.2) is 0 Å². The Morgan fingerprint density at radius 1 is 1.36 bits per heavy atom. The van der Waals surface area contributed by atoms with Crippen LogP contribution < -0.4 is 5.32 Å². The smallest absolute Gasteiger partial charge is 0.0345 e. The second-order valence-electron chi connectivity index (χ2n) is 3.65. The molecule has 2 aromatic rings. The van der Waals surface area contributed by atoms with Gasteiger partial charge in [0, 0.05) is 10.7 Å². The molecule has 74 valence electrons. The highest BCUT2D eigenvalue weighted by atomic mass is 32.1. The molecule has 0 saturated carbocycles. The van der Waals surface area contributed by atoms with Gasteiger partial charge in [-0.1, -0.05) is 18.2 Å². The van der Waals surface area contributed by atoms with Crippen LogP contribution in [0.15, 0.2) is 29.6 Å². The monoisotopic (exact) mass is 205 g/mol. The minimum absolute atomic E-state index is 0.549. The summed E-state index contributed by atoms with van der Waals surface area (Å²) in [4.78, 5) is 0. The van der Waals surface area contributed by atoms with Gasteiger partial charge in [-0.05, 0) is 42.8 Å². The topological polar surface area (TPSA) is 12.0 Å². The lowest BCUT2D eigenvalue weighted by Crippen LogP contribution is -2.23. The van der Waals surface area contributed by atoms with Gasteiger partial charge in [-0.15, -0.1) is 11.3 Å². The molecule has 2 rings (SSSR count). The van der Waals surface area contributed by atoms with E-state index in [1.54, 1.807) is 0 Å². The van der Waals surface area contributed by atoms with Crippen molar-refractivity contribution in [3.05, 3.63) is 35.2 Å². The van der Waals surface area contributed by atoms with Crippen LogP contribution in [0.4, 0.5) is 0 Å². The van der Waals surface area contributed by atoms with Crippen LogP contribution in [0.5, 0.6) is 0 Å². The Balaban J connectivity index is 2.33. The first kappa shape index (κ1) is 9.69. The summed E-state index contributed by atoms with van der Waals surface area (Å²) < 4.78 is 1.39. The van der Waals surface area contributed by atoms with E-state index in [4.69, 9.17) is 0 Å². The van der Waals surface area contributed by atoms with Gasteiger partial charge >= 0.3 is 0 Å². The summed E-state index contributed by atoms with van der Waals surface area (Å²) in [5.41, 5.74) is 1.47. The van der Waals surface area contributed by atoms with Crippen molar-refractivity contribution < 1.29 is 0 Å². The molecule has 1 N–H and O–H groups in total. The van der Waals surface area contributed by atoms with Crippen LogP contribution in [0, 0.1) is 0 Å². The van der Waals surface area contributed by atoms with E-state index >= 15 is 0 Å². The minimum atomic E-state index is 0.549. The van der Waals surface area contributed by atoms with Gasteiger partial charge < -0.3 is 5.32 Å². The summed E-state index contributed by atoms with van der Waals surface area (Å²) >= 11 is 1.84. The number of fused-ring (bicyclic) bond motifs is 1. The maximum Gasteiger partial charge on any atom is 0.0345 e. The molecule has 1 aromatic carbocycles. The SMILES string of the molecule is CNC(C)Cc1csc2ccccc12. The molecule has 0 aliphatic rings. The molecule has 1 heterocycles. The highest BCUT2D eigenvalue weighted by molar-refractivity contribution is 7.17. The summed E-state index contributed by atoms with van der Waals surface area (Å²) in [5, 5.41) is 6.97. The van der Waals surface area contributed by atoms with Crippen molar-refractivity contribution in [3.63, 3.8) is 0 Å². The molecule has 0 bridgehead atoms. The molecule has 0 aliphatic heterocycles.